The molecule has 3 unspecified atom stereocenters. The van der Waals surface area contributed by atoms with Gasteiger partial charge in [0.1, 0.15) is 6.04 Å². The van der Waals surface area contributed by atoms with Gasteiger partial charge in [0, 0.05) is 7.05 Å². The number of rotatable bonds is 8. The van der Waals surface area contributed by atoms with Crippen LogP contribution in [0.15, 0.2) is 0 Å². The number of amides is 2. The first-order valence-electron chi connectivity index (χ1n) is 5.98. The molecule has 0 aromatic carbocycles. The minimum atomic E-state index is -0.488. The molecule has 0 saturated carbocycles. The van der Waals surface area contributed by atoms with E-state index in [1.165, 1.54) is 0 Å². The SMILES string of the molecule is CNC(=O)C(C)CONC(C)C(=O)NC(C)NC. The smallest absolute Gasteiger partial charge is 0.240 e. The summed E-state index contributed by atoms with van der Waals surface area (Å²) >= 11 is 0. The largest absolute Gasteiger partial charge is 0.359 e. The molecular formula is C11H24N4O3. The van der Waals surface area contributed by atoms with Gasteiger partial charge in [-0.1, -0.05) is 6.92 Å². The third kappa shape index (κ3) is 6.53. The Hall–Kier alpha value is -1.18. The van der Waals surface area contributed by atoms with Crippen molar-refractivity contribution in [3.8, 4) is 0 Å². The van der Waals surface area contributed by atoms with Gasteiger partial charge in [0.15, 0.2) is 0 Å². The van der Waals surface area contributed by atoms with E-state index < -0.39 is 6.04 Å². The maximum atomic E-state index is 11.6. The van der Waals surface area contributed by atoms with Crippen LogP contribution in [0.1, 0.15) is 20.8 Å². The molecule has 2 amide bonds. The Morgan fingerprint density at radius 2 is 1.72 bits per heavy atom. The van der Waals surface area contributed by atoms with E-state index in [1.807, 2.05) is 6.92 Å². The molecule has 0 aliphatic heterocycles. The van der Waals surface area contributed by atoms with E-state index in [1.54, 1.807) is 27.9 Å². The highest BCUT2D eigenvalue weighted by Gasteiger charge is 2.16. The van der Waals surface area contributed by atoms with E-state index in [0.717, 1.165) is 0 Å². The third-order valence-electron chi connectivity index (χ3n) is 2.47. The second-order valence-corrected chi connectivity index (χ2v) is 4.18. The van der Waals surface area contributed by atoms with Crippen LogP contribution in [0, 0.1) is 5.92 Å². The van der Waals surface area contributed by atoms with Crippen molar-refractivity contribution in [1.29, 1.82) is 0 Å². The molecule has 0 rings (SSSR count). The summed E-state index contributed by atoms with van der Waals surface area (Å²) in [7, 11) is 3.33. The molecule has 0 aromatic rings. The van der Waals surface area contributed by atoms with Crippen LogP contribution < -0.4 is 21.4 Å². The van der Waals surface area contributed by atoms with Gasteiger partial charge in [0.05, 0.1) is 18.7 Å². The van der Waals surface area contributed by atoms with Crippen LogP contribution in [-0.2, 0) is 14.4 Å². The fraction of sp³-hybridized carbons (Fsp3) is 0.818. The molecule has 0 heterocycles. The van der Waals surface area contributed by atoms with Gasteiger partial charge in [0.2, 0.25) is 11.8 Å². The predicted octanol–water partition coefficient (Wildman–Crippen LogP) is -1.04. The quantitative estimate of drug-likeness (QED) is 0.330. The van der Waals surface area contributed by atoms with E-state index in [9.17, 15) is 9.59 Å². The fourth-order valence-electron chi connectivity index (χ4n) is 1.08. The molecule has 0 aliphatic carbocycles. The molecule has 18 heavy (non-hydrogen) atoms. The molecule has 0 aliphatic rings. The lowest BCUT2D eigenvalue weighted by Crippen LogP contribution is -2.49. The Morgan fingerprint density at radius 1 is 1.11 bits per heavy atom. The van der Waals surface area contributed by atoms with Gasteiger partial charge >= 0.3 is 0 Å². The lowest BCUT2D eigenvalue weighted by atomic mass is 10.2. The third-order valence-corrected chi connectivity index (χ3v) is 2.47. The monoisotopic (exact) mass is 260 g/mol. The van der Waals surface area contributed by atoms with E-state index in [-0.39, 0.29) is 30.5 Å². The van der Waals surface area contributed by atoms with Gasteiger partial charge in [-0.15, -0.1) is 0 Å². The number of nitrogens with one attached hydrogen (secondary N) is 4. The molecule has 106 valence electrons. The zero-order chi connectivity index (χ0) is 14.1. The molecule has 0 fully saturated rings. The van der Waals surface area contributed by atoms with Gasteiger partial charge in [-0.25, -0.2) is 0 Å². The summed E-state index contributed by atoms with van der Waals surface area (Å²) in [6.45, 7) is 5.47. The first kappa shape index (κ1) is 16.8. The topological polar surface area (TPSA) is 91.5 Å². The summed E-state index contributed by atoms with van der Waals surface area (Å²) in [5.74, 6) is -0.545. The minimum Gasteiger partial charge on any atom is -0.359 e. The molecule has 0 aromatic heterocycles. The van der Waals surface area contributed by atoms with Crippen molar-refractivity contribution in [1.82, 2.24) is 21.4 Å². The standard InChI is InChI=1S/C11H24N4O3/c1-7(10(16)13-5)6-18-15-8(2)11(17)14-9(3)12-4/h7-9,12,15H,6H2,1-5H3,(H,13,16)(H,14,17). The second-order valence-electron chi connectivity index (χ2n) is 4.18. The normalized spacial score (nSPS) is 15.6. The van der Waals surface area contributed by atoms with Crippen molar-refractivity contribution in [3.63, 3.8) is 0 Å². The summed E-state index contributed by atoms with van der Waals surface area (Å²) in [6, 6.07) is -0.488. The van der Waals surface area contributed by atoms with Gasteiger partial charge in [0.25, 0.3) is 0 Å². The van der Waals surface area contributed by atoms with Crippen LogP contribution >= 0.6 is 0 Å². The van der Waals surface area contributed by atoms with Crippen LogP contribution in [0.25, 0.3) is 0 Å². The summed E-state index contributed by atoms with van der Waals surface area (Å²) in [6.07, 6.45) is -0.105. The maximum absolute atomic E-state index is 11.6. The first-order valence-corrected chi connectivity index (χ1v) is 5.98. The minimum absolute atomic E-state index is 0.0993. The Kier molecular flexibility index (Phi) is 8.27. The molecule has 0 radical (unpaired) electrons. The number of carbonyl (C=O) groups excluding carboxylic acids is 2. The number of hydroxylamine groups is 1. The Labute approximate surface area is 108 Å². The highest BCUT2D eigenvalue weighted by molar-refractivity contribution is 5.81. The molecule has 4 N–H and O–H groups in total. The molecule has 0 saturated heterocycles. The van der Waals surface area contributed by atoms with Crippen molar-refractivity contribution < 1.29 is 14.4 Å². The van der Waals surface area contributed by atoms with Crippen molar-refractivity contribution >= 4 is 11.8 Å². The Balaban J connectivity index is 3.86. The first-order chi connectivity index (χ1) is 8.42. The average Bonchev–Trinajstić information content (AvgIpc) is 2.36. The van der Waals surface area contributed by atoms with Gasteiger partial charge in [-0.3, -0.25) is 9.59 Å². The molecule has 7 nitrogen and oxygen atoms in total. The Bertz CT molecular complexity index is 273. The average molecular weight is 260 g/mol. The zero-order valence-electron chi connectivity index (χ0n) is 11.7. The van der Waals surface area contributed by atoms with E-state index >= 15 is 0 Å². The zero-order valence-corrected chi connectivity index (χ0v) is 11.7. The summed E-state index contributed by atoms with van der Waals surface area (Å²) < 4.78 is 0. The summed E-state index contributed by atoms with van der Waals surface area (Å²) in [5, 5.41) is 8.15. The maximum Gasteiger partial charge on any atom is 0.240 e. The molecular weight excluding hydrogens is 236 g/mol. The molecule has 3 atom stereocenters. The summed E-state index contributed by atoms with van der Waals surface area (Å²) in [4.78, 5) is 27.9. The van der Waals surface area contributed by atoms with Gasteiger partial charge in [-0.2, -0.15) is 5.48 Å². The van der Waals surface area contributed by atoms with Crippen molar-refractivity contribution in [3.05, 3.63) is 0 Å². The van der Waals surface area contributed by atoms with Crippen molar-refractivity contribution in [2.24, 2.45) is 5.92 Å². The van der Waals surface area contributed by atoms with Crippen LogP contribution in [0.2, 0.25) is 0 Å². The number of hydrogen-bond acceptors (Lipinski definition) is 5. The highest BCUT2D eigenvalue weighted by atomic mass is 16.6. The second kappa shape index (κ2) is 8.84. The van der Waals surface area contributed by atoms with Crippen molar-refractivity contribution in [2.45, 2.75) is 33.0 Å². The van der Waals surface area contributed by atoms with Crippen LogP contribution in [-0.4, -0.2) is 44.7 Å². The Morgan fingerprint density at radius 3 is 2.22 bits per heavy atom. The summed E-state index contributed by atoms with van der Waals surface area (Å²) in [5.41, 5.74) is 2.60. The number of hydrogen-bond donors (Lipinski definition) is 4. The number of carbonyl (C=O) groups is 2. The van der Waals surface area contributed by atoms with Crippen LogP contribution in [0.3, 0.4) is 0 Å². The van der Waals surface area contributed by atoms with Crippen LogP contribution in [0.5, 0.6) is 0 Å². The van der Waals surface area contributed by atoms with E-state index in [4.69, 9.17) is 4.84 Å². The van der Waals surface area contributed by atoms with Gasteiger partial charge in [-0.05, 0) is 20.9 Å². The molecule has 0 spiro atoms. The molecule has 7 heteroatoms. The van der Waals surface area contributed by atoms with Gasteiger partial charge < -0.3 is 20.8 Å². The van der Waals surface area contributed by atoms with E-state index in [2.05, 4.69) is 21.4 Å². The predicted molar refractivity (Wildman–Crippen MR) is 68.4 cm³/mol. The van der Waals surface area contributed by atoms with Crippen LogP contribution in [0.4, 0.5) is 0 Å². The lowest BCUT2D eigenvalue weighted by molar-refractivity contribution is -0.130. The highest BCUT2D eigenvalue weighted by Crippen LogP contribution is 1.94. The van der Waals surface area contributed by atoms with E-state index in [0.29, 0.717) is 0 Å². The lowest BCUT2D eigenvalue weighted by Gasteiger charge is -2.18. The molecule has 0 bridgehead atoms. The van der Waals surface area contributed by atoms with Crippen molar-refractivity contribution in [2.75, 3.05) is 20.7 Å². The fourth-order valence-corrected chi connectivity index (χ4v) is 1.08.